The van der Waals surface area contributed by atoms with Gasteiger partial charge in [-0.1, -0.05) is 31.2 Å². The third-order valence-electron chi connectivity index (χ3n) is 4.99. The Hall–Kier alpha value is -3.22. The van der Waals surface area contributed by atoms with E-state index in [4.69, 9.17) is 14.2 Å². The van der Waals surface area contributed by atoms with Crippen molar-refractivity contribution in [2.24, 2.45) is 0 Å². The van der Waals surface area contributed by atoms with Crippen molar-refractivity contribution >= 4 is 17.5 Å². The highest BCUT2D eigenvalue weighted by Gasteiger charge is 2.20. The first-order chi connectivity index (χ1) is 14.9. The molecule has 0 aliphatic heterocycles. The summed E-state index contributed by atoms with van der Waals surface area (Å²) in [4.78, 5) is 27.0. The molecule has 0 unspecified atom stereocenters. The predicted octanol–water partition coefficient (Wildman–Crippen LogP) is 3.83. The molecule has 0 atom stereocenters. The van der Waals surface area contributed by atoms with E-state index in [1.165, 1.54) is 0 Å². The zero-order chi connectivity index (χ0) is 22.8. The molecule has 0 saturated heterocycles. The molecule has 0 bridgehead atoms. The Balaban J connectivity index is 2.06. The van der Waals surface area contributed by atoms with Crippen LogP contribution in [0.5, 0.6) is 17.2 Å². The van der Waals surface area contributed by atoms with Gasteiger partial charge in [-0.2, -0.15) is 0 Å². The molecule has 0 spiro atoms. The summed E-state index contributed by atoms with van der Waals surface area (Å²) < 4.78 is 16.2. The average Bonchev–Trinajstić information content (AvgIpc) is 2.77. The fourth-order valence-electron chi connectivity index (χ4n) is 3.40. The van der Waals surface area contributed by atoms with E-state index in [1.807, 2.05) is 44.2 Å². The van der Waals surface area contributed by atoms with E-state index in [1.54, 1.807) is 32.3 Å². The Bertz CT molecular complexity index is 898. The Morgan fingerprint density at radius 2 is 1.68 bits per heavy atom. The van der Waals surface area contributed by atoms with Crippen molar-refractivity contribution in [2.45, 2.75) is 33.1 Å². The number of para-hydroxylation sites is 1. The van der Waals surface area contributed by atoms with E-state index < -0.39 is 0 Å². The summed E-state index contributed by atoms with van der Waals surface area (Å²) in [5.41, 5.74) is 2.57. The number of aryl methyl sites for hydroxylation is 2. The van der Waals surface area contributed by atoms with Gasteiger partial charge in [0, 0.05) is 18.7 Å². The van der Waals surface area contributed by atoms with E-state index in [9.17, 15) is 9.59 Å². The second-order valence-electron chi connectivity index (χ2n) is 7.17. The molecule has 2 amide bonds. The molecule has 168 valence electrons. The SMILES string of the molecule is CCCN(CC(=O)Nc1ccccc1C)C(=O)CCc1ccc(OC)c(OC)c1OC. The number of nitrogens with one attached hydrogen (secondary N) is 1. The zero-order valence-electron chi connectivity index (χ0n) is 19.0. The number of benzene rings is 2. The smallest absolute Gasteiger partial charge is 0.244 e. The molecule has 0 fully saturated rings. The molecule has 0 aliphatic rings. The van der Waals surface area contributed by atoms with Gasteiger partial charge in [-0.05, 0) is 43.0 Å². The van der Waals surface area contributed by atoms with E-state index in [2.05, 4.69) is 5.32 Å². The van der Waals surface area contributed by atoms with Gasteiger partial charge in [-0.25, -0.2) is 0 Å². The molecule has 7 nitrogen and oxygen atoms in total. The fourth-order valence-corrected chi connectivity index (χ4v) is 3.40. The van der Waals surface area contributed by atoms with Gasteiger partial charge in [-0.15, -0.1) is 0 Å². The lowest BCUT2D eigenvalue weighted by Crippen LogP contribution is -2.38. The van der Waals surface area contributed by atoms with Crippen LogP contribution in [0.1, 0.15) is 30.9 Å². The first-order valence-corrected chi connectivity index (χ1v) is 10.4. The summed E-state index contributed by atoms with van der Waals surface area (Å²) in [5.74, 6) is 1.32. The summed E-state index contributed by atoms with van der Waals surface area (Å²) in [6.07, 6.45) is 1.48. The normalized spacial score (nSPS) is 10.4. The Labute approximate surface area is 184 Å². The highest BCUT2D eigenvalue weighted by molar-refractivity contribution is 5.95. The molecule has 31 heavy (non-hydrogen) atoms. The first kappa shape index (κ1) is 24.1. The number of carbonyl (C=O) groups excluding carboxylic acids is 2. The number of amides is 2. The van der Waals surface area contributed by atoms with Crippen molar-refractivity contribution in [3.63, 3.8) is 0 Å². The van der Waals surface area contributed by atoms with Gasteiger partial charge in [-0.3, -0.25) is 9.59 Å². The average molecular weight is 429 g/mol. The number of hydrogen-bond donors (Lipinski definition) is 1. The van der Waals surface area contributed by atoms with Gasteiger partial charge < -0.3 is 24.4 Å². The first-order valence-electron chi connectivity index (χ1n) is 10.4. The van der Waals surface area contributed by atoms with Crippen LogP contribution in [0.3, 0.4) is 0 Å². The van der Waals surface area contributed by atoms with Crippen molar-refractivity contribution in [3.05, 3.63) is 47.5 Å². The van der Waals surface area contributed by atoms with Gasteiger partial charge in [0.05, 0.1) is 27.9 Å². The van der Waals surface area contributed by atoms with Crippen molar-refractivity contribution in [3.8, 4) is 17.2 Å². The standard InChI is InChI=1S/C24H32N2O5/c1-6-15-26(16-21(27)25-19-10-8-7-9-17(19)2)22(28)14-12-18-11-13-20(29-3)24(31-5)23(18)30-4/h7-11,13H,6,12,14-16H2,1-5H3,(H,25,27). The third kappa shape index (κ3) is 6.38. The quantitative estimate of drug-likeness (QED) is 0.589. The lowest BCUT2D eigenvalue weighted by molar-refractivity contribution is -0.134. The van der Waals surface area contributed by atoms with Crippen molar-refractivity contribution in [1.29, 1.82) is 0 Å². The van der Waals surface area contributed by atoms with Crippen LogP contribution in [0.4, 0.5) is 5.69 Å². The molecular formula is C24H32N2O5. The lowest BCUT2D eigenvalue weighted by Gasteiger charge is -2.22. The minimum atomic E-state index is -0.209. The van der Waals surface area contributed by atoms with Crippen LogP contribution < -0.4 is 19.5 Å². The number of hydrogen-bond acceptors (Lipinski definition) is 5. The zero-order valence-corrected chi connectivity index (χ0v) is 19.0. The molecular weight excluding hydrogens is 396 g/mol. The second kappa shape index (κ2) is 11.8. The number of carbonyl (C=O) groups is 2. The highest BCUT2D eigenvalue weighted by Crippen LogP contribution is 2.40. The molecule has 1 N–H and O–H groups in total. The third-order valence-corrected chi connectivity index (χ3v) is 4.99. The largest absolute Gasteiger partial charge is 0.493 e. The van der Waals surface area contributed by atoms with Crippen LogP contribution >= 0.6 is 0 Å². The minimum absolute atomic E-state index is 0.0179. The van der Waals surface area contributed by atoms with Gasteiger partial charge in [0.1, 0.15) is 0 Å². The van der Waals surface area contributed by atoms with Gasteiger partial charge in [0.15, 0.2) is 11.5 Å². The maximum atomic E-state index is 12.9. The summed E-state index contributed by atoms with van der Waals surface area (Å²) in [5, 5.41) is 2.89. The number of ether oxygens (including phenoxy) is 3. The Kier molecular flexibility index (Phi) is 9.18. The van der Waals surface area contributed by atoms with E-state index in [0.717, 1.165) is 23.2 Å². The maximum absolute atomic E-state index is 12.9. The summed E-state index contributed by atoms with van der Waals surface area (Å²) in [6.45, 7) is 4.45. The summed E-state index contributed by atoms with van der Waals surface area (Å²) >= 11 is 0. The number of methoxy groups -OCH3 is 3. The molecule has 0 radical (unpaired) electrons. The second-order valence-corrected chi connectivity index (χ2v) is 7.17. The molecule has 0 aliphatic carbocycles. The summed E-state index contributed by atoms with van der Waals surface area (Å²) in [7, 11) is 4.67. The maximum Gasteiger partial charge on any atom is 0.244 e. The number of rotatable bonds is 11. The Morgan fingerprint density at radius 1 is 0.968 bits per heavy atom. The van der Waals surface area contributed by atoms with Crippen molar-refractivity contribution in [1.82, 2.24) is 4.90 Å². The molecule has 7 heteroatoms. The lowest BCUT2D eigenvalue weighted by atomic mass is 10.1. The van der Waals surface area contributed by atoms with Crippen LogP contribution in [-0.4, -0.2) is 51.1 Å². The van der Waals surface area contributed by atoms with E-state index >= 15 is 0 Å². The molecule has 0 heterocycles. The fraction of sp³-hybridized carbons (Fsp3) is 0.417. The molecule has 2 rings (SSSR count). The van der Waals surface area contributed by atoms with Gasteiger partial charge in [0.25, 0.3) is 0 Å². The van der Waals surface area contributed by atoms with E-state index in [-0.39, 0.29) is 24.8 Å². The summed E-state index contributed by atoms with van der Waals surface area (Å²) in [6, 6.07) is 11.2. The molecule has 0 aromatic heterocycles. The minimum Gasteiger partial charge on any atom is -0.493 e. The van der Waals surface area contributed by atoms with Gasteiger partial charge in [0.2, 0.25) is 17.6 Å². The van der Waals surface area contributed by atoms with Crippen molar-refractivity contribution in [2.75, 3.05) is 39.7 Å². The highest BCUT2D eigenvalue weighted by atomic mass is 16.5. The predicted molar refractivity (Wildman–Crippen MR) is 121 cm³/mol. The van der Waals surface area contributed by atoms with Crippen LogP contribution in [0.2, 0.25) is 0 Å². The van der Waals surface area contributed by atoms with Crippen molar-refractivity contribution < 1.29 is 23.8 Å². The molecule has 2 aromatic rings. The molecule has 0 saturated carbocycles. The number of anilines is 1. The topological polar surface area (TPSA) is 77.1 Å². The van der Waals surface area contributed by atoms with E-state index in [0.29, 0.717) is 30.2 Å². The van der Waals surface area contributed by atoms with Crippen LogP contribution in [0.25, 0.3) is 0 Å². The number of nitrogens with zero attached hydrogens (tertiary/aromatic N) is 1. The van der Waals surface area contributed by atoms with Crippen LogP contribution in [0, 0.1) is 6.92 Å². The molecule has 2 aromatic carbocycles. The van der Waals surface area contributed by atoms with Crippen LogP contribution in [-0.2, 0) is 16.0 Å². The monoisotopic (exact) mass is 428 g/mol. The van der Waals surface area contributed by atoms with Gasteiger partial charge >= 0.3 is 0 Å². The van der Waals surface area contributed by atoms with Crippen LogP contribution in [0.15, 0.2) is 36.4 Å². The Morgan fingerprint density at radius 3 is 2.29 bits per heavy atom.